The Morgan fingerprint density at radius 3 is 2.57 bits per heavy atom. The SMILES string of the molecule is COc1c(C(=O)C(F)(F)C(F)(F)F)n(Cc2cnc(Cl)s2)c2c(C)ccc[n+]12. The van der Waals surface area contributed by atoms with Gasteiger partial charge in [0.25, 0.3) is 17.1 Å². The van der Waals surface area contributed by atoms with Crippen LogP contribution in [-0.4, -0.2) is 34.5 Å². The smallest absolute Gasteiger partial charge is 0.461 e. The fraction of sp³-hybridized carbons (Fsp3) is 0.312. The van der Waals surface area contributed by atoms with E-state index in [0.29, 0.717) is 10.4 Å². The molecule has 0 aliphatic heterocycles. The summed E-state index contributed by atoms with van der Waals surface area (Å²) in [4.78, 5) is 16.6. The first-order valence-corrected chi connectivity index (χ1v) is 8.85. The summed E-state index contributed by atoms with van der Waals surface area (Å²) < 4.78 is 73.9. The molecular formula is C16H12ClF5N3O2S+. The Morgan fingerprint density at radius 2 is 2.04 bits per heavy atom. The minimum atomic E-state index is -6.05. The molecule has 3 rings (SSSR count). The van der Waals surface area contributed by atoms with Gasteiger partial charge in [0.2, 0.25) is 0 Å². The van der Waals surface area contributed by atoms with Crippen molar-refractivity contribution in [3.05, 3.63) is 45.1 Å². The van der Waals surface area contributed by atoms with Crippen LogP contribution >= 0.6 is 22.9 Å². The van der Waals surface area contributed by atoms with Crippen molar-refractivity contribution >= 4 is 34.4 Å². The number of thiazole rings is 1. The zero-order valence-electron chi connectivity index (χ0n) is 14.4. The van der Waals surface area contributed by atoms with Gasteiger partial charge in [-0.05, 0) is 19.1 Å². The lowest BCUT2D eigenvalue weighted by Crippen LogP contribution is -2.45. The standard InChI is InChI=1S/C16H12ClF5N3O2S/c1-8-4-3-5-24-12(8)25(7-9-6-23-14(17)28-9)10(13(24)27-2)11(26)15(18,19)16(20,21)22/h3-6H,7H2,1-2H3/q+1. The lowest BCUT2D eigenvalue weighted by molar-refractivity contribution is -0.520. The number of Topliss-reactive ketones (excluding diaryl/α,β-unsaturated/α-hetero) is 1. The van der Waals surface area contributed by atoms with Gasteiger partial charge in [0, 0.05) is 11.8 Å². The molecule has 3 heterocycles. The second kappa shape index (κ2) is 6.96. The minimum absolute atomic E-state index is 0.163. The molecular weight excluding hydrogens is 429 g/mol. The number of ketones is 1. The molecule has 0 aliphatic carbocycles. The molecule has 0 bridgehead atoms. The van der Waals surface area contributed by atoms with E-state index in [1.807, 2.05) is 0 Å². The molecule has 0 atom stereocenters. The van der Waals surface area contributed by atoms with Crippen molar-refractivity contribution in [2.45, 2.75) is 25.6 Å². The summed E-state index contributed by atoms with van der Waals surface area (Å²) >= 11 is 6.79. The van der Waals surface area contributed by atoms with Crippen molar-refractivity contribution < 1.29 is 35.9 Å². The van der Waals surface area contributed by atoms with Crippen molar-refractivity contribution in [1.82, 2.24) is 9.55 Å². The fourth-order valence-electron chi connectivity index (χ4n) is 2.81. The number of alkyl halides is 5. The average molecular weight is 441 g/mol. The van der Waals surface area contributed by atoms with Crippen LogP contribution in [0.2, 0.25) is 4.47 Å². The van der Waals surface area contributed by atoms with Gasteiger partial charge in [-0.2, -0.15) is 26.4 Å². The first kappa shape index (κ1) is 20.5. The van der Waals surface area contributed by atoms with Gasteiger partial charge < -0.3 is 4.74 Å². The van der Waals surface area contributed by atoms with E-state index in [4.69, 9.17) is 16.3 Å². The van der Waals surface area contributed by atoms with Crippen LogP contribution in [0.3, 0.4) is 0 Å². The third-order valence-electron chi connectivity index (χ3n) is 4.00. The molecule has 5 nitrogen and oxygen atoms in total. The molecule has 0 aliphatic rings. The van der Waals surface area contributed by atoms with E-state index in [-0.39, 0.29) is 16.7 Å². The van der Waals surface area contributed by atoms with Gasteiger partial charge in [-0.15, -0.1) is 11.3 Å². The number of pyridine rings is 1. The first-order chi connectivity index (χ1) is 13.0. The third-order valence-corrected chi connectivity index (χ3v) is 5.10. The maximum Gasteiger partial charge on any atom is 0.461 e. The quantitative estimate of drug-likeness (QED) is 0.341. The van der Waals surface area contributed by atoms with Crippen LogP contribution in [0.1, 0.15) is 20.9 Å². The summed E-state index contributed by atoms with van der Waals surface area (Å²) in [6.45, 7) is 1.43. The zero-order valence-corrected chi connectivity index (χ0v) is 15.9. The van der Waals surface area contributed by atoms with E-state index in [9.17, 15) is 26.7 Å². The number of rotatable bonds is 5. The van der Waals surface area contributed by atoms with Crippen molar-refractivity contribution in [1.29, 1.82) is 0 Å². The molecule has 0 aromatic carbocycles. The second-order valence-electron chi connectivity index (χ2n) is 5.81. The number of nitrogens with zero attached hydrogens (tertiary/aromatic N) is 3. The zero-order chi connectivity index (χ0) is 20.9. The summed E-state index contributed by atoms with van der Waals surface area (Å²) in [5.74, 6) is -8.43. The number of fused-ring (bicyclic) bond motifs is 1. The number of carbonyl (C=O) groups is 1. The lowest BCUT2D eigenvalue weighted by atomic mass is 10.1. The Kier molecular flexibility index (Phi) is 5.09. The summed E-state index contributed by atoms with van der Waals surface area (Å²) in [5.41, 5.74) is -0.139. The average Bonchev–Trinajstić information content (AvgIpc) is 3.15. The van der Waals surface area contributed by atoms with Gasteiger partial charge in [0.1, 0.15) is 6.54 Å². The highest BCUT2D eigenvalue weighted by atomic mass is 35.5. The molecule has 28 heavy (non-hydrogen) atoms. The normalized spacial score (nSPS) is 12.6. The summed E-state index contributed by atoms with van der Waals surface area (Å²) in [6, 6.07) is 3.18. The molecule has 0 fully saturated rings. The number of hydrogen-bond acceptors (Lipinski definition) is 4. The molecule has 0 N–H and O–H groups in total. The monoisotopic (exact) mass is 440 g/mol. The van der Waals surface area contributed by atoms with Crippen LogP contribution in [0.5, 0.6) is 5.88 Å². The van der Waals surface area contributed by atoms with Crippen molar-refractivity contribution in [3.8, 4) is 5.88 Å². The van der Waals surface area contributed by atoms with E-state index in [1.165, 1.54) is 16.8 Å². The molecule has 0 unspecified atom stereocenters. The van der Waals surface area contributed by atoms with Gasteiger partial charge in [-0.1, -0.05) is 11.6 Å². The maximum atomic E-state index is 13.9. The third kappa shape index (κ3) is 3.22. The molecule has 3 aromatic heterocycles. The van der Waals surface area contributed by atoms with E-state index >= 15 is 0 Å². The van der Waals surface area contributed by atoms with Crippen LogP contribution in [-0.2, 0) is 6.54 Å². The van der Waals surface area contributed by atoms with Crippen LogP contribution in [0.4, 0.5) is 22.0 Å². The Morgan fingerprint density at radius 1 is 1.36 bits per heavy atom. The Balaban J connectivity index is 2.32. The van der Waals surface area contributed by atoms with E-state index in [0.717, 1.165) is 23.0 Å². The lowest BCUT2D eigenvalue weighted by Gasteiger charge is -2.17. The maximum absolute atomic E-state index is 13.9. The number of carbonyl (C=O) groups excluding carboxylic acids is 1. The predicted molar refractivity (Wildman–Crippen MR) is 90.4 cm³/mol. The molecule has 0 amide bonds. The number of hydrogen-bond donors (Lipinski definition) is 0. The summed E-state index contributed by atoms with van der Waals surface area (Å²) in [6.07, 6.45) is -3.30. The molecule has 150 valence electrons. The fourth-order valence-corrected chi connectivity index (χ4v) is 3.78. The largest absolute Gasteiger partial charge is 0.462 e. The number of aromatic nitrogens is 3. The van der Waals surface area contributed by atoms with Gasteiger partial charge in [-0.25, -0.2) is 9.55 Å². The molecule has 0 saturated carbocycles. The Bertz CT molecular complexity index is 1060. The van der Waals surface area contributed by atoms with E-state index in [1.54, 1.807) is 19.1 Å². The van der Waals surface area contributed by atoms with Crippen LogP contribution < -0.4 is 9.14 Å². The Labute approximate surface area is 163 Å². The predicted octanol–water partition coefficient (Wildman–Crippen LogP) is 4.08. The molecule has 0 radical (unpaired) electrons. The summed E-state index contributed by atoms with van der Waals surface area (Å²) in [7, 11) is 1.08. The first-order valence-electron chi connectivity index (χ1n) is 7.66. The van der Waals surface area contributed by atoms with Crippen LogP contribution in [0.25, 0.3) is 5.65 Å². The number of halogens is 6. The highest BCUT2D eigenvalue weighted by Crippen LogP contribution is 2.40. The number of ether oxygens (including phenoxy) is 1. The topological polar surface area (TPSA) is 48.2 Å². The van der Waals surface area contributed by atoms with E-state index < -0.39 is 29.5 Å². The molecule has 0 spiro atoms. The Hall–Kier alpha value is -2.27. The number of imidazole rings is 1. The second-order valence-corrected chi connectivity index (χ2v) is 7.51. The van der Waals surface area contributed by atoms with Gasteiger partial charge >= 0.3 is 18.0 Å². The highest BCUT2D eigenvalue weighted by molar-refractivity contribution is 7.15. The molecule has 12 heteroatoms. The highest BCUT2D eigenvalue weighted by Gasteiger charge is 2.66. The molecule has 3 aromatic rings. The van der Waals surface area contributed by atoms with Gasteiger partial charge in [0.15, 0.2) is 4.47 Å². The van der Waals surface area contributed by atoms with Gasteiger partial charge in [0.05, 0.1) is 18.2 Å². The number of aryl methyl sites for hydroxylation is 1. The van der Waals surface area contributed by atoms with Crippen molar-refractivity contribution in [3.63, 3.8) is 0 Å². The number of methoxy groups -OCH3 is 1. The van der Waals surface area contributed by atoms with Crippen molar-refractivity contribution in [2.75, 3.05) is 7.11 Å². The van der Waals surface area contributed by atoms with Crippen LogP contribution in [0, 0.1) is 6.92 Å². The van der Waals surface area contributed by atoms with E-state index in [2.05, 4.69) is 4.98 Å². The van der Waals surface area contributed by atoms with Gasteiger partial charge in [-0.3, -0.25) is 4.79 Å². The minimum Gasteiger partial charge on any atom is -0.462 e. The van der Waals surface area contributed by atoms with Crippen LogP contribution in [0.15, 0.2) is 24.5 Å². The molecule has 0 saturated heterocycles. The summed E-state index contributed by atoms with van der Waals surface area (Å²) in [5, 5.41) is 0. The van der Waals surface area contributed by atoms with Crippen molar-refractivity contribution in [2.24, 2.45) is 0 Å².